The van der Waals surface area contributed by atoms with Crippen molar-refractivity contribution in [1.29, 1.82) is 0 Å². The molecule has 2 N–H and O–H groups in total. The van der Waals surface area contributed by atoms with Gasteiger partial charge in [0, 0.05) is 0 Å². The zero-order valence-corrected chi connectivity index (χ0v) is 13.1. The summed E-state index contributed by atoms with van der Waals surface area (Å²) < 4.78 is 22.8. The third-order valence-corrected chi connectivity index (χ3v) is 3.59. The Labute approximate surface area is 140 Å². The minimum Gasteiger partial charge on any atom is -0.458 e. The van der Waals surface area contributed by atoms with Gasteiger partial charge in [-0.3, -0.25) is 0 Å². The maximum Gasteiger partial charge on any atom is 0.263 e. The molecule has 1 aliphatic rings. The number of hydrogen-bond acceptors (Lipinski definition) is 6. The monoisotopic (exact) mass is 332 g/mol. The SMILES string of the molecule is OCc1ccc(O[C@H]2OCCO[C@H]2Oc2ccc(CO)cc2)cc1. The van der Waals surface area contributed by atoms with Crippen molar-refractivity contribution in [2.45, 2.75) is 25.8 Å². The molecule has 2 aromatic carbocycles. The van der Waals surface area contributed by atoms with Crippen molar-refractivity contribution in [2.24, 2.45) is 0 Å². The topological polar surface area (TPSA) is 77.4 Å². The van der Waals surface area contributed by atoms with Gasteiger partial charge >= 0.3 is 0 Å². The number of ether oxygens (including phenoxy) is 4. The maximum absolute atomic E-state index is 9.07. The van der Waals surface area contributed by atoms with Gasteiger partial charge in [0.05, 0.1) is 26.4 Å². The summed E-state index contributed by atoms with van der Waals surface area (Å²) in [6.45, 7) is 0.809. The molecular formula is C18H20O6. The molecule has 2 aromatic rings. The lowest BCUT2D eigenvalue weighted by atomic mass is 10.2. The predicted molar refractivity (Wildman–Crippen MR) is 85.5 cm³/mol. The van der Waals surface area contributed by atoms with Crippen molar-refractivity contribution in [3.8, 4) is 11.5 Å². The Balaban J connectivity index is 1.65. The van der Waals surface area contributed by atoms with Crippen LogP contribution in [0.15, 0.2) is 48.5 Å². The van der Waals surface area contributed by atoms with Crippen LogP contribution >= 0.6 is 0 Å². The minimum atomic E-state index is -0.698. The Morgan fingerprint density at radius 1 is 0.708 bits per heavy atom. The summed E-state index contributed by atoms with van der Waals surface area (Å²) >= 11 is 0. The van der Waals surface area contributed by atoms with Crippen LogP contribution in [-0.2, 0) is 22.7 Å². The highest BCUT2D eigenvalue weighted by atomic mass is 16.8. The number of aliphatic hydroxyl groups excluding tert-OH is 2. The van der Waals surface area contributed by atoms with E-state index in [1.165, 1.54) is 0 Å². The molecule has 1 fully saturated rings. The Morgan fingerprint density at radius 2 is 1.08 bits per heavy atom. The van der Waals surface area contributed by atoms with Crippen molar-refractivity contribution in [1.82, 2.24) is 0 Å². The molecule has 0 spiro atoms. The Hall–Kier alpha value is -2.12. The van der Waals surface area contributed by atoms with Crippen LogP contribution in [0.1, 0.15) is 11.1 Å². The van der Waals surface area contributed by atoms with Gasteiger partial charge in [-0.15, -0.1) is 0 Å². The highest BCUT2D eigenvalue weighted by Crippen LogP contribution is 2.22. The van der Waals surface area contributed by atoms with E-state index < -0.39 is 12.6 Å². The van der Waals surface area contributed by atoms with E-state index in [4.69, 9.17) is 29.2 Å². The molecule has 0 aliphatic carbocycles. The Morgan fingerprint density at radius 3 is 1.42 bits per heavy atom. The molecule has 6 heteroatoms. The first-order chi connectivity index (χ1) is 11.8. The molecule has 0 bridgehead atoms. The van der Waals surface area contributed by atoms with Gasteiger partial charge in [0.25, 0.3) is 12.6 Å². The highest BCUT2D eigenvalue weighted by Gasteiger charge is 2.31. The lowest BCUT2D eigenvalue weighted by Gasteiger charge is -2.31. The van der Waals surface area contributed by atoms with Gasteiger partial charge in [-0.25, -0.2) is 0 Å². The number of benzene rings is 2. The van der Waals surface area contributed by atoms with Gasteiger partial charge in [-0.1, -0.05) is 24.3 Å². The summed E-state index contributed by atoms with van der Waals surface area (Å²) in [5.74, 6) is 1.21. The third kappa shape index (κ3) is 4.24. The Bertz CT molecular complexity index is 567. The third-order valence-electron chi connectivity index (χ3n) is 3.59. The second kappa shape index (κ2) is 8.12. The van der Waals surface area contributed by atoms with Crippen molar-refractivity contribution in [3.63, 3.8) is 0 Å². The standard InChI is InChI=1S/C18H20O6/c19-11-13-1-5-15(6-2-13)23-17-18(22-10-9-21-17)24-16-7-3-14(12-20)4-8-16/h1-8,17-20H,9-12H2/t17-,18+. The Kier molecular flexibility index (Phi) is 5.66. The molecule has 1 heterocycles. The van der Waals surface area contributed by atoms with Gasteiger partial charge in [-0.2, -0.15) is 0 Å². The molecule has 0 radical (unpaired) electrons. The molecule has 0 unspecified atom stereocenters. The normalized spacial score (nSPS) is 20.6. The first-order valence-electron chi connectivity index (χ1n) is 7.74. The number of aliphatic hydroxyl groups is 2. The van der Waals surface area contributed by atoms with E-state index in [9.17, 15) is 0 Å². The van der Waals surface area contributed by atoms with Crippen LogP contribution in [0.3, 0.4) is 0 Å². The maximum atomic E-state index is 9.07. The fraction of sp³-hybridized carbons (Fsp3) is 0.333. The molecule has 0 aromatic heterocycles. The largest absolute Gasteiger partial charge is 0.458 e. The molecule has 128 valence electrons. The van der Waals surface area contributed by atoms with E-state index in [1.807, 2.05) is 0 Å². The van der Waals surface area contributed by atoms with Gasteiger partial charge < -0.3 is 29.2 Å². The van der Waals surface area contributed by atoms with Crippen molar-refractivity contribution in [3.05, 3.63) is 59.7 Å². The zero-order chi connectivity index (χ0) is 16.8. The summed E-state index contributed by atoms with van der Waals surface area (Å²) in [4.78, 5) is 0. The summed E-state index contributed by atoms with van der Waals surface area (Å²) in [7, 11) is 0. The van der Waals surface area contributed by atoms with E-state index in [0.717, 1.165) is 11.1 Å². The second-order valence-corrected chi connectivity index (χ2v) is 5.32. The fourth-order valence-electron chi connectivity index (χ4n) is 2.28. The molecule has 1 aliphatic heterocycles. The van der Waals surface area contributed by atoms with Crippen molar-refractivity contribution >= 4 is 0 Å². The smallest absolute Gasteiger partial charge is 0.263 e. The van der Waals surface area contributed by atoms with Gasteiger partial charge in [0.15, 0.2) is 0 Å². The number of rotatable bonds is 6. The van der Waals surface area contributed by atoms with E-state index in [-0.39, 0.29) is 13.2 Å². The first kappa shape index (κ1) is 16.7. The first-order valence-corrected chi connectivity index (χ1v) is 7.74. The molecule has 1 saturated heterocycles. The van der Waals surface area contributed by atoms with Crippen LogP contribution in [0, 0.1) is 0 Å². The molecule has 0 amide bonds. The van der Waals surface area contributed by atoms with Gasteiger partial charge in [0.1, 0.15) is 11.5 Å². The predicted octanol–water partition coefficient (Wildman–Crippen LogP) is 1.83. The van der Waals surface area contributed by atoms with Crippen LogP contribution < -0.4 is 9.47 Å². The average Bonchev–Trinajstić information content (AvgIpc) is 2.64. The summed E-state index contributed by atoms with van der Waals surface area (Å²) in [5.41, 5.74) is 1.61. The molecule has 3 rings (SSSR count). The highest BCUT2D eigenvalue weighted by molar-refractivity contribution is 5.28. The molecule has 0 saturated carbocycles. The van der Waals surface area contributed by atoms with Crippen LogP contribution in [0.5, 0.6) is 11.5 Å². The van der Waals surface area contributed by atoms with E-state index >= 15 is 0 Å². The molecule has 24 heavy (non-hydrogen) atoms. The summed E-state index contributed by atoms with van der Waals surface area (Å²) in [6.07, 6.45) is -1.40. The zero-order valence-electron chi connectivity index (χ0n) is 13.1. The van der Waals surface area contributed by atoms with Crippen LogP contribution in [0.25, 0.3) is 0 Å². The quantitative estimate of drug-likeness (QED) is 0.840. The summed E-state index contributed by atoms with van der Waals surface area (Å²) in [6, 6.07) is 14.2. The lowest BCUT2D eigenvalue weighted by molar-refractivity contribution is -0.271. The van der Waals surface area contributed by atoms with Crippen molar-refractivity contribution in [2.75, 3.05) is 13.2 Å². The van der Waals surface area contributed by atoms with E-state index in [1.54, 1.807) is 48.5 Å². The van der Waals surface area contributed by atoms with E-state index in [2.05, 4.69) is 0 Å². The van der Waals surface area contributed by atoms with Gasteiger partial charge in [0.2, 0.25) is 0 Å². The van der Waals surface area contributed by atoms with Crippen LogP contribution in [0.4, 0.5) is 0 Å². The molecule has 2 atom stereocenters. The van der Waals surface area contributed by atoms with E-state index in [0.29, 0.717) is 24.7 Å². The van der Waals surface area contributed by atoms with Gasteiger partial charge in [-0.05, 0) is 35.4 Å². The van der Waals surface area contributed by atoms with Crippen LogP contribution in [0.2, 0.25) is 0 Å². The minimum absolute atomic E-state index is 0.0150. The average molecular weight is 332 g/mol. The lowest BCUT2D eigenvalue weighted by Crippen LogP contribution is -2.45. The van der Waals surface area contributed by atoms with Crippen molar-refractivity contribution < 1.29 is 29.2 Å². The number of hydrogen-bond donors (Lipinski definition) is 2. The second-order valence-electron chi connectivity index (χ2n) is 5.32. The molecular weight excluding hydrogens is 312 g/mol. The molecule has 6 nitrogen and oxygen atoms in total. The van der Waals surface area contributed by atoms with Crippen LogP contribution in [-0.4, -0.2) is 36.0 Å². The summed E-state index contributed by atoms with van der Waals surface area (Å²) in [5, 5.41) is 18.1. The fourth-order valence-corrected chi connectivity index (χ4v) is 2.28.